The van der Waals surface area contributed by atoms with E-state index in [0.717, 1.165) is 11.8 Å². The Morgan fingerprint density at radius 1 is 1.08 bits per heavy atom. The number of hydrogen-bond acceptors (Lipinski definition) is 6. The number of ether oxygens (including phenoxy) is 3. The van der Waals surface area contributed by atoms with Crippen LogP contribution in [-0.2, 0) is 9.53 Å². The van der Waals surface area contributed by atoms with Gasteiger partial charge < -0.3 is 25.4 Å². The van der Waals surface area contributed by atoms with Crippen molar-refractivity contribution in [3.63, 3.8) is 0 Å². The fraction of sp³-hybridized carbons (Fsp3) is 0.158. The minimum atomic E-state index is -0.529. The second-order valence-electron chi connectivity index (χ2n) is 5.45. The number of nitrogens with one attached hydrogen (secondary N) is 1. The third-order valence-electron chi connectivity index (χ3n) is 3.68. The molecule has 3 rings (SSSR count). The Balaban J connectivity index is 1.62. The average Bonchev–Trinajstić information content (AvgIpc) is 3.02. The molecular weight excluding hydrogens is 320 g/mol. The minimum absolute atomic E-state index is 0.322. The maximum Gasteiger partial charge on any atom is 0.347 e. The van der Waals surface area contributed by atoms with Gasteiger partial charge in [-0.3, -0.25) is 0 Å². The Hall–Kier alpha value is -3.28. The summed E-state index contributed by atoms with van der Waals surface area (Å²) in [5.74, 6) is 1.59. The lowest BCUT2D eigenvalue weighted by Gasteiger charge is -2.11. The van der Waals surface area contributed by atoms with Crippen molar-refractivity contribution in [2.45, 2.75) is 12.5 Å². The lowest BCUT2D eigenvalue weighted by atomic mass is 10.1. The number of esters is 1. The van der Waals surface area contributed by atoms with Crippen molar-refractivity contribution in [2.24, 2.45) is 5.73 Å². The van der Waals surface area contributed by atoms with E-state index in [9.17, 15) is 4.79 Å². The van der Waals surface area contributed by atoms with Crippen LogP contribution in [0.25, 0.3) is 5.70 Å². The molecule has 0 unspecified atom stereocenters. The molecule has 1 fully saturated rings. The van der Waals surface area contributed by atoms with Crippen molar-refractivity contribution in [2.75, 3.05) is 6.61 Å². The first-order chi connectivity index (χ1) is 12.2. The molecule has 2 aromatic carbocycles. The standard InChI is InChI=1S/C19H18N2O4/c20-11-9-17(21)13-1-3-14(4-2-13)24-15-5-7-16(8-6-15)25-18-10-12-23-19(18)22/h1-9,11,18,20H,10,12,21H2/b17-9-,20-11?/t18-/m0/s1. The number of hydrogen-bond donors (Lipinski definition) is 2. The summed E-state index contributed by atoms with van der Waals surface area (Å²) in [7, 11) is 0. The number of rotatable bonds is 6. The molecule has 1 saturated heterocycles. The Kier molecular flexibility index (Phi) is 4.99. The van der Waals surface area contributed by atoms with Gasteiger partial charge in [0, 0.05) is 18.3 Å². The van der Waals surface area contributed by atoms with E-state index in [0.29, 0.717) is 36.0 Å². The molecule has 1 heterocycles. The number of cyclic esters (lactones) is 1. The van der Waals surface area contributed by atoms with Gasteiger partial charge in [0.05, 0.1) is 6.61 Å². The van der Waals surface area contributed by atoms with Gasteiger partial charge in [-0.05, 0) is 60.2 Å². The number of nitrogens with two attached hydrogens (primary N) is 1. The second-order valence-corrected chi connectivity index (χ2v) is 5.45. The van der Waals surface area contributed by atoms with Gasteiger partial charge in [-0.2, -0.15) is 0 Å². The lowest BCUT2D eigenvalue weighted by molar-refractivity contribution is -0.143. The highest BCUT2D eigenvalue weighted by Crippen LogP contribution is 2.26. The third kappa shape index (κ3) is 4.17. The summed E-state index contributed by atoms with van der Waals surface area (Å²) in [5, 5.41) is 7.03. The van der Waals surface area contributed by atoms with E-state index in [4.69, 9.17) is 25.4 Å². The Morgan fingerprint density at radius 3 is 2.24 bits per heavy atom. The number of benzene rings is 2. The molecule has 6 nitrogen and oxygen atoms in total. The summed E-state index contributed by atoms with van der Waals surface area (Å²) in [6.45, 7) is 0.403. The molecule has 3 N–H and O–H groups in total. The molecule has 128 valence electrons. The molecular formula is C19H18N2O4. The van der Waals surface area contributed by atoms with E-state index >= 15 is 0 Å². The first-order valence-electron chi connectivity index (χ1n) is 7.83. The van der Waals surface area contributed by atoms with Gasteiger partial charge in [-0.25, -0.2) is 4.79 Å². The van der Waals surface area contributed by atoms with Gasteiger partial charge in [0.25, 0.3) is 0 Å². The quantitative estimate of drug-likeness (QED) is 0.623. The van der Waals surface area contributed by atoms with Crippen LogP contribution in [0.5, 0.6) is 17.2 Å². The zero-order valence-corrected chi connectivity index (χ0v) is 13.5. The van der Waals surface area contributed by atoms with Crippen molar-refractivity contribution in [1.29, 1.82) is 5.41 Å². The maximum atomic E-state index is 11.4. The Labute approximate surface area is 145 Å². The molecule has 0 aromatic heterocycles. The van der Waals surface area contributed by atoms with Crippen LogP contribution >= 0.6 is 0 Å². The maximum absolute atomic E-state index is 11.4. The molecule has 0 saturated carbocycles. The first kappa shape index (κ1) is 16.6. The van der Waals surface area contributed by atoms with Crippen molar-refractivity contribution in [1.82, 2.24) is 0 Å². The van der Waals surface area contributed by atoms with E-state index in [-0.39, 0.29) is 5.97 Å². The molecule has 0 bridgehead atoms. The molecule has 1 aliphatic heterocycles. The van der Waals surface area contributed by atoms with Crippen molar-refractivity contribution in [3.05, 3.63) is 60.2 Å². The summed E-state index contributed by atoms with van der Waals surface area (Å²) >= 11 is 0. The first-order valence-corrected chi connectivity index (χ1v) is 7.83. The van der Waals surface area contributed by atoms with E-state index in [1.165, 1.54) is 6.08 Å². The highest BCUT2D eigenvalue weighted by atomic mass is 16.6. The smallest absolute Gasteiger partial charge is 0.347 e. The minimum Gasteiger partial charge on any atom is -0.479 e. The monoisotopic (exact) mass is 338 g/mol. The topological polar surface area (TPSA) is 94.6 Å². The van der Waals surface area contributed by atoms with E-state index < -0.39 is 6.10 Å². The summed E-state index contributed by atoms with van der Waals surface area (Å²) in [5.41, 5.74) is 7.17. The SMILES string of the molecule is N=C/C=C(\N)c1ccc(Oc2ccc(O[C@H]3CCOC3=O)cc2)cc1. The molecule has 6 heteroatoms. The van der Waals surface area contributed by atoms with E-state index in [1.54, 1.807) is 36.4 Å². The number of carbonyl (C=O) groups is 1. The molecule has 25 heavy (non-hydrogen) atoms. The largest absolute Gasteiger partial charge is 0.479 e. The van der Waals surface area contributed by atoms with Gasteiger partial charge in [0.2, 0.25) is 0 Å². The fourth-order valence-corrected chi connectivity index (χ4v) is 2.37. The zero-order chi connectivity index (χ0) is 17.6. The number of carbonyl (C=O) groups excluding carboxylic acids is 1. The van der Waals surface area contributed by atoms with Crippen LogP contribution in [0, 0.1) is 5.41 Å². The Bertz CT molecular complexity index is 782. The fourth-order valence-electron chi connectivity index (χ4n) is 2.37. The highest BCUT2D eigenvalue weighted by Gasteiger charge is 2.28. The normalized spacial score (nSPS) is 17.0. The summed E-state index contributed by atoms with van der Waals surface area (Å²) in [6, 6.07) is 14.3. The van der Waals surface area contributed by atoms with E-state index in [2.05, 4.69) is 0 Å². The predicted octanol–water partition coefficient (Wildman–Crippen LogP) is 3.12. The molecule has 1 aliphatic rings. The van der Waals surface area contributed by atoms with Gasteiger partial charge in [0.1, 0.15) is 17.2 Å². The van der Waals surface area contributed by atoms with Crippen molar-refractivity contribution < 1.29 is 19.0 Å². The molecule has 0 aliphatic carbocycles. The van der Waals surface area contributed by atoms with Crippen LogP contribution in [0.4, 0.5) is 0 Å². The van der Waals surface area contributed by atoms with Crippen LogP contribution < -0.4 is 15.2 Å². The molecule has 0 radical (unpaired) electrons. The van der Waals surface area contributed by atoms with Crippen molar-refractivity contribution >= 4 is 17.9 Å². The third-order valence-corrected chi connectivity index (χ3v) is 3.68. The van der Waals surface area contributed by atoms with Crippen LogP contribution in [0.3, 0.4) is 0 Å². The van der Waals surface area contributed by atoms with Crippen molar-refractivity contribution in [3.8, 4) is 17.2 Å². The average molecular weight is 338 g/mol. The van der Waals surface area contributed by atoms with Crippen LogP contribution in [0.15, 0.2) is 54.6 Å². The van der Waals surface area contributed by atoms with Gasteiger partial charge in [-0.1, -0.05) is 0 Å². The van der Waals surface area contributed by atoms with Gasteiger partial charge >= 0.3 is 5.97 Å². The Morgan fingerprint density at radius 2 is 1.68 bits per heavy atom. The van der Waals surface area contributed by atoms with Crippen LogP contribution in [0.2, 0.25) is 0 Å². The van der Waals surface area contributed by atoms with Crippen LogP contribution in [0.1, 0.15) is 12.0 Å². The summed E-state index contributed by atoms with van der Waals surface area (Å²) in [4.78, 5) is 11.4. The number of allylic oxidation sites excluding steroid dienone is 1. The van der Waals surface area contributed by atoms with Crippen LogP contribution in [-0.4, -0.2) is 24.9 Å². The molecule has 1 atom stereocenters. The zero-order valence-electron chi connectivity index (χ0n) is 13.5. The predicted molar refractivity (Wildman–Crippen MR) is 93.9 cm³/mol. The van der Waals surface area contributed by atoms with Gasteiger partial charge in [0.15, 0.2) is 6.10 Å². The van der Waals surface area contributed by atoms with E-state index in [1.807, 2.05) is 12.1 Å². The summed E-state index contributed by atoms with van der Waals surface area (Å²) < 4.78 is 16.2. The second kappa shape index (κ2) is 7.53. The molecule has 0 spiro atoms. The lowest BCUT2D eigenvalue weighted by Crippen LogP contribution is -2.21. The molecule has 2 aromatic rings. The molecule has 0 amide bonds. The van der Waals surface area contributed by atoms with Gasteiger partial charge in [-0.15, -0.1) is 0 Å². The summed E-state index contributed by atoms with van der Waals surface area (Å²) in [6.07, 6.45) is 2.71. The highest BCUT2D eigenvalue weighted by molar-refractivity contribution is 5.81.